The first-order valence-electron chi connectivity index (χ1n) is 7.40. The fourth-order valence-corrected chi connectivity index (χ4v) is 2.30. The number of hydrogen-bond acceptors (Lipinski definition) is 4. The number of aryl methyl sites for hydroxylation is 1. The molecule has 0 bridgehead atoms. The number of aromatic nitrogens is 1. The molecule has 1 unspecified atom stereocenters. The van der Waals surface area contributed by atoms with Crippen LogP contribution in [0, 0.1) is 6.92 Å². The molecule has 1 amide bonds. The lowest BCUT2D eigenvalue weighted by Gasteiger charge is -2.28. The molecule has 0 saturated carbocycles. The van der Waals surface area contributed by atoms with Gasteiger partial charge in [0.2, 0.25) is 0 Å². The van der Waals surface area contributed by atoms with Crippen molar-refractivity contribution in [2.75, 3.05) is 13.2 Å². The molecule has 2 rings (SSSR count). The molecule has 1 fully saturated rings. The summed E-state index contributed by atoms with van der Waals surface area (Å²) in [5.41, 5.74) is 0.491. The summed E-state index contributed by atoms with van der Waals surface area (Å²) < 4.78 is 11.2. The van der Waals surface area contributed by atoms with Crippen molar-refractivity contribution >= 4 is 6.09 Å². The van der Waals surface area contributed by atoms with Crippen LogP contribution in [-0.2, 0) is 4.74 Å². The van der Waals surface area contributed by atoms with E-state index in [0.29, 0.717) is 6.61 Å². The van der Waals surface area contributed by atoms with E-state index in [4.69, 9.17) is 9.47 Å². The summed E-state index contributed by atoms with van der Waals surface area (Å²) in [5.74, 6) is 0.733. The van der Waals surface area contributed by atoms with Gasteiger partial charge in [-0.15, -0.1) is 0 Å². The molecule has 1 aromatic rings. The van der Waals surface area contributed by atoms with E-state index < -0.39 is 5.60 Å². The third-order valence-electron chi connectivity index (χ3n) is 3.33. The Kier molecular flexibility index (Phi) is 4.70. The molecule has 0 spiro atoms. The number of amides is 1. The fraction of sp³-hybridized carbons (Fsp3) is 0.625. The molecule has 5 heteroatoms. The van der Waals surface area contributed by atoms with Crippen LogP contribution in [0.1, 0.15) is 39.3 Å². The Morgan fingerprint density at radius 3 is 2.81 bits per heavy atom. The lowest BCUT2D eigenvalue weighted by molar-refractivity contribution is 0.0187. The molecule has 1 atom stereocenters. The number of likely N-dealkylation sites (tertiary alicyclic amines) is 1. The minimum atomic E-state index is -0.466. The highest BCUT2D eigenvalue weighted by Crippen LogP contribution is 2.22. The van der Waals surface area contributed by atoms with Gasteiger partial charge in [0, 0.05) is 12.2 Å². The fourth-order valence-electron chi connectivity index (χ4n) is 2.30. The molecule has 0 aliphatic carbocycles. The Balaban J connectivity index is 1.90. The molecule has 21 heavy (non-hydrogen) atoms. The maximum Gasteiger partial charge on any atom is 0.410 e. The van der Waals surface area contributed by atoms with Gasteiger partial charge in [0.05, 0.1) is 12.2 Å². The Hall–Kier alpha value is -1.78. The second-order valence-electron chi connectivity index (χ2n) is 6.42. The van der Waals surface area contributed by atoms with E-state index >= 15 is 0 Å². The van der Waals surface area contributed by atoms with Crippen LogP contribution in [0.25, 0.3) is 0 Å². The Labute approximate surface area is 126 Å². The first-order chi connectivity index (χ1) is 9.85. The molecule has 1 saturated heterocycles. The zero-order valence-corrected chi connectivity index (χ0v) is 13.3. The number of rotatable bonds is 3. The molecule has 1 aliphatic rings. The van der Waals surface area contributed by atoms with E-state index in [1.807, 2.05) is 39.8 Å². The van der Waals surface area contributed by atoms with Crippen molar-refractivity contribution in [2.45, 2.75) is 52.2 Å². The monoisotopic (exact) mass is 292 g/mol. The second kappa shape index (κ2) is 6.33. The van der Waals surface area contributed by atoms with E-state index in [9.17, 15) is 4.79 Å². The van der Waals surface area contributed by atoms with E-state index in [-0.39, 0.29) is 12.1 Å². The zero-order valence-electron chi connectivity index (χ0n) is 13.3. The molecule has 0 aromatic carbocycles. The molecular formula is C16H24N2O3. The van der Waals surface area contributed by atoms with E-state index in [2.05, 4.69) is 4.98 Å². The van der Waals surface area contributed by atoms with Gasteiger partial charge >= 0.3 is 6.09 Å². The first kappa shape index (κ1) is 15.6. The summed E-state index contributed by atoms with van der Waals surface area (Å²) >= 11 is 0. The number of pyridine rings is 1. The van der Waals surface area contributed by atoms with Crippen LogP contribution in [0.2, 0.25) is 0 Å². The van der Waals surface area contributed by atoms with Crippen molar-refractivity contribution in [2.24, 2.45) is 0 Å². The second-order valence-corrected chi connectivity index (χ2v) is 6.42. The molecule has 5 nitrogen and oxygen atoms in total. The maximum absolute atomic E-state index is 12.2. The lowest BCUT2D eigenvalue weighted by atomic mass is 10.2. The van der Waals surface area contributed by atoms with Crippen LogP contribution >= 0.6 is 0 Å². The molecule has 1 aromatic heterocycles. The number of nitrogens with zero attached hydrogens (tertiary/aromatic N) is 2. The largest absolute Gasteiger partial charge is 0.490 e. The average Bonchev–Trinajstić information content (AvgIpc) is 2.84. The minimum absolute atomic E-state index is 0.0705. The molecule has 1 aliphatic heterocycles. The van der Waals surface area contributed by atoms with Gasteiger partial charge in [-0.1, -0.05) is 0 Å². The van der Waals surface area contributed by atoms with Crippen molar-refractivity contribution in [1.82, 2.24) is 9.88 Å². The van der Waals surface area contributed by atoms with Gasteiger partial charge in [0.15, 0.2) is 0 Å². The highest BCUT2D eigenvalue weighted by molar-refractivity contribution is 5.69. The van der Waals surface area contributed by atoms with Crippen LogP contribution < -0.4 is 4.74 Å². The zero-order chi connectivity index (χ0) is 15.5. The summed E-state index contributed by atoms with van der Waals surface area (Å²) in [6, 6.07) is 3.88. The van der Waals surface area contributed by atoms with Crippen LogP contribution in [0.3, 0.4) is 0 Å². The summed E-state index contributed by atoms with van der Waals surface area (Å²) in [6.07, 6.45) is 3.38. The Morgan fingerprint density at radius 1 is 1.43 bits per heavy atom. The average molecular weight is 292 g/mol. The molecule has 0 radical (unpaired) electrons. The van der Waals surface area contributed by atoms with Crippen LogP contribution in [0.5, 0.6) is 5.75 Å². The third-order valence-corrected chi connectivity index (χ3v) is 3.33. The topological polar surface area (TPSA) is 51.7 Å². The standard InChI is InChI=1S/C16H24N2O3/c1-12-7-8-14(10-17-12)20-11-13-6-5-9-18(13)15(19)21-16(2,3)4/h7-8,10,13H,5-6,9,11H2,1-4H3. The Bertz CT molecular complexity index is 479. The molecule has 116 valence electrons. The SMILES string of the molecule is Cc1ccc(OCC2CCCN2C(=O)OC(C)(C)C)cn1. The van der Waals surface area contributed by atoms with Gasteiger partial charge < -0.3 is 14.4 Å². The van der Waals surface area contributed by atoms with E-state index in [0.717, 1.165) is 30.8 Å². The van der Waals surface area contributed by atoms with Crippen LogP contribution in [0.15, 0.2) is 18.3 Å². The Morgan fingerprint density at radius 2 is 2.19 bits per heavy atom. The van der Waals surface area contributed by atoms with Gasteiger partial charge in [-0.2, -0.15) is 0 Å². The predicted octanol–water partition coefficient (Wildman–Crippen LogP) is 3.17. The third kappa shape index (κ3) is 4.62. The normalized spacial score (nSPS) is 18.7. The predicted molar refractivity (Wildman–Crippen MR) is 80.4 cm³/mol. The number of hydrogen-bond donors (Lipinski definition) is 0. The summed E-state index contributed by atoms with van der Waals surface area (Å²) in [5, 5.41) is 0. The van der Waals surface area contributed by atoms with Crippen molar-refractivity contribution in [3.05, 3.63) is 24.0 Å². The van der Waals surface area contributed by atoms with E-state index in [1.165, 1.54) is 0 Å². The number of ether oxygens (including phenoxy) is 2. The highest BCUT2D eigenvalue weighted by atomic mass is 16.6. The van der Waals surface area contributed by atoms with Gasteiger partial charge in [-0.25, -0.2) is 4.79 Å². The minimum Gasteiger partial charge on any atom is -0.490 e. The first-order valence-corrected chi connectivity index (χ1v) is 7.40. The van der Waals surface area contributed by atoms with Crippen molar-refractivity contribution in [3.8, 4) is 5.75 Å². The summed E-state index contributed by atoms with van der Waals surface area (Å²) in [4.78, 5) is 18.1. The van der Waals surface area contributed by atoms with Crippen molar-refractivity contribution in [3.63, 3.8) is 0 Å². The lowest BCUT2D eigenvalue weighted by Crippen LogP contribution is -2.42. The quantitative estimate of drug-likeness (QED) is 0.858. The van der Waals surface area contributed by atoms with Crippen LogP contribution in [-0.4, -0.2) is 40.8 Å². The summed E-state index contributed by atoms with van der Waals surface area (Å²) in [7, 11) is 0. The summed E-state index contributed by atoms with van der Waals surface area (Å²) in [6.45, 7) is 8.78. The molecule has 2 heterocycles. The van der Waals surface area contributed by atoms with Gasteiger partial charge in [-0.05, 0) is 52.7 Å². The van der Waals surface area contributed by atoms with Gasteiger partial charge in [0.1, 0.15) is 18.0 Å². The highest BCUT2D eigenvalue weighted by Gasteiger charge is 2.32. The number of carbonyl (C=O) groups excluding carboxylic acids is 1. The van der Waals surface area contributed by atoms with Crippen LogP contribution in [0.4, 0.5) is 4.79 Å². The van der Waals surface area contributed by atoms with Gasteiger partial charge in [-0.3, -0.25) is 4.98 Å². The molecular weight excluding hydrogens is 268 g/mol. The maximum atomic E-state index is 12.2. The number of carbonyl (C=O) groups is 1. The van der Waals surface area contributed by atoms with Crippen molar-refractivity contribution < 1.29 is 14.3 Å². The van der Waals surface area contributed by atoms with E-state index in [1.54, 1.807) is 11.1 Å². The molecule has 0 N–H and O–H groups in total. The van der Waals surface area contributed by atoms with Gasteiger partial charge in [0.25, 0.3) is 0 Å². The van der Waals surface area contributed by atoms with Crippen molar-refractivity contribution in [1.29, 1.82) is 0 Å². The smallest absolute Gasteiger partial charge is 0.410 e.